The lowest BCUT2D eigenvalue weighted by Crippen LogP contribution is -2.29. The molecule has 0 atom stereocenters. The van der Waals surface area contributed by atoms with Crippen molar-refractivity contribution in [2.75, 3.05) is 13.1 Å². The molecular formula is C17H20N2O2S. The average molecular weight is 316 g/mol. The van der Waals surface area contributed by atoms with Gasteiger partial charge < -0.3 is 5.11 Å². The molecular weight excluding hydrogens is 296 g/mol. The summed E-state index contributed by atoms with van der Waals surface area (Å²) in [6.45, 7) is 3.39. The second kappa shape index (κ2) is 7.03. The highest BCUT2D eigenvalue weighted by Crippen LogP contribution is 2.18. The molecule has 1 N–H and O–H groups in total. The lowest BCUT2D eigenvalue weighted by molar-refractivity contribution is 0.0691. The van der Waals surface area contributed by atoms with Crippen molar-refractivity contribution in [2.45, 2.75) is 32.2 Å². The fraction of sp³-hybridized carbons (Fsp3) is 0.412. The molecule has 1 aromatic heterocycles. The standard InChI is InChI=1S/C17H20N2O2S/c20-17(21)15-12-22-16(18-15)10-13-5-4-6-14(9-13)11-19-7-2-1-3-8-19/h4-6,9,12H,1-3,7-8,10-11H2,(H,20,21). The third kappa shape index (κ3) is 3.93. The van der Waals surface area contributed by atoms with Gasteiger partial charge in [0.2, 0.25) is 0 Å². The average Bonchev–Trinajstić information content (AvgIpc) is 2.97. The van der Waals surface area contributed by atoms with Gasteiger partial charge in [-0.15, -0.1) is 11.3 Å². The van der Waals surface area contributed by atoms with Crippen molar-refractivity contribution in [2.24, 2.45) is 0 Å². The third-order valence-electron chi connectivity index (χ3n) is 3.97. The van der Waals surface area contributed by atoms with E-state index in [1.165, 1.54) is 54.8 Å². The molecule has 2 aromatic rings. The maximum absolute atomic E-state index is 10.9. The summed E-state index contributed by atoms with van der Waals surface area (Å²) in [7, 11) is 0. The zero-order valence-electron chi connectivity index (χ0n) is 12.5. The van der Waals surface area contributed by atoms with E-state index < -0.39 is 5.97 Å². The Morgan fingerprint density at radius 2 is 2.00 bits per heavy atom. The number of carbonyl (C=O) groups is 1. The Morgan fingerprint density at radius 3 is 2.73 bits per heavy atom. The summed E-state index contributed by atoms with van der Waals surface area (Å²) in [5.74, 6) is -0.957. The highest BCUT2D eigenvalue weighted by atomic mass is 32.1. The number of rotatable bonds is 5. The molecule has 3 rings (SSSR count). The Hall–Kier alpha value is -1.72. The molecule has 1 fully saturated rings. The van der Waals surface area contributed by atoms with Crippen molar-refractivity contribution in [1.29, 1.82) is 0 Å². The van der Waals surface area contributed by atoms with Gasteiger partial charge in [-0.25, -0.2) is 9.78 Å². The second-order valence-corrected chi connectivity index (χ2v) is 6.71. The van der Waals surface area contributed by atoms with Crippen LogP contribution in [0.5, 0.6) is 0 Å². The fourth-order valence-electron chi connectivity index (χ4n) is 2.88. The predicted octanol–water partition coefficient (Wildman–Crippen LogP) is 3.42. The van der Waals surface area contributed by atoms with Gasteiger partial charge in [-0.2, -0.15) is 0 Å². The van der Waals surface area contributed by atoms with E-state index in [0.717, 1.165) is 11.6 Å². The van der Waals surface area contributed by atoms with Gasteiger partial charge >= 0.3 is 5.97 Å². The number of carboxylic acids is 1. The van der Waals surface area contributed by atoms with Crippen LogP contribution in [0.1, 0.15) is 45.9 Å². The van der Waals surface area contributed by atoms with Gasteiger partial charge in [0.05, 0.1) is 5.01 Å². The monoisotopic (exact) mass is 316 g/mol. The number of thiazole rings is 1. The number of aromatic nitrogens is 1. The van der Waals surface area contributed by atoms with Crippen LogP contribution in [0, 0.1) is 0 Å². The number of likely N-dealkylation sites (tertiary alicyclic amines) is 1. The van der Waals surface area contributed by atoms with E-state index in [2.05, 4.69) is 34.1 Å². The lowest BCUT2D eigenvalue weighted by Gasteiger charge is -2.26. The molecule has 1 aromatic carbocycles. The minimum atomic E-state index is -0.957. The van der Waals surface area contributed by atoms with Gasteiger partial charge in [-0.3, -0.25) is 4.90 Å². The Bertz CT molecular complexity index is 648. The molecule has 0 amide bonds. The van der Waals surface area contributed by atoms with Gasteiger partial charge in [-0.05, 0) is 37.1 Å². The first-order valence-electron chi connectivity index (χ1n) is 7.68. The van der Waals surface area contributed by atoms with E-state index in [9.17, 15) is 4.79 Å². The van der Waals surface area contributed by atoms with Gasteiger partial charge in [-0.1, -0.05) is 30.7 Å². The highest BCUT2D eigenvalue weighted by Gasteiger charge is 2.12. The number of piperidine rings is 1. The fourth-order valence-corrected chi connectivity index (χ4v) is 3.68. The van der Waals surface area contributed by atoms with Crippen LogP contribution >= 0.6 is 11.3 Å². The largest absolute Gasteiger partial charge is 0.476 e. The highest BCUT2D eigenvalue weighted by molar-refractivity contribution is 7.09. The maximum Gasteiger partial charge on any atom is 0.355 e. The zero-order valence-corrected chi connectivity index (χ0v) is 13.3. The minimum absolute atomic E-state index is 0.143. The van der Waals surface area contributed by atoms with Crippen LogP contribution in [0.3, 0.4) is 0 Å². The Balaban J connectivity index is 1.66. The summed E-state index contributed by atoms with van der Waals surface area (Å²) < 4.78 is 0. The number of hydrogen-bond donors (Lipinski definition) is 1. The molecule has 1 aliphatic rings. The first kappa shape index (κ1) is 15.2. The molecule has 0 unspecified atom stereocenters. The lowest BCUT2D eigenvalue weighted by atomic mass is 10.1. The number of carboxylic acid groups (broad SMARTS) is 1. The maximum atomic E-state index is 10.9. The van der Waals surface area contributed by atoms with Crippen LogP contribution in [0.15, 0.2) is 29.6 Å². The van der Waals surface area contributed by atoms with Gasteiger partial charge in [0.15, 0.2) is 5.69 Å². The van der Waals surface area contributed by atoms with E-state index >= 15 is 0 Å². The first-order valence-corrected chi connectivity index (χ1v) is 8.56. The van der Waals surface area contributed by atoms with E-state index in [-0.39, 0.29) is 5.69 Å². The van der Waals surface area contributed by atoms with Crippen molar-refractivity contribution in [3.8, 4) is 0 Å². The molecule has 2 heterocycles. The van der Waals surface area contributed by atoms with Gasteiger partial charge in [0.1, 0.15) is 0 Å². The SMILES string of the molecule is O=C(O)c1csc(Cc2cccc(CN3CCCCC3)c2)n1. The van der Waals surface area contributed by atoms with Crippen LogP contribution in [0.2, 0.25) is 0 Å². The molecule has 0 bridgehead atoms. The van der Waals surface area contributed by atoms with E-state index in [1.54, 1.807) is 5.38 Å². The smallest absolute Gasteiger partial charge is 0.355 e. The summed E-state index contributed by atoms with van der Waals surface area (Å²) in [5.41, 5.74) is 2.67. The van der Waals surface area contributed by atoms with Crippen LogP contribution in [-0.4, -0.2) is 34.0 Å². The molecule has 1 aliphatic heterocycles. The minimum Gasteiger partial charge on any atom is -0.476 e. The molecule has 1 saturated heterocycles. The van der Waals surface area contributed by atoms with Crippen molar-refractivity contribution >= 4 is 17.3 Å². The predicted molar refractivity (Wildman–Crippen MR) is 87.4 cm³/mol. The molecule has 0 radical (unpaired) electrons. The van der Waals surface area contributed by atoms with Crippen LogP contribution in [0.4, 0.5) is 0 Å². The number of nitrogens with zero attached hydrogens (tertiary/aromatic N) is 2. The summed E-state index contributed by atoms with van der Waals surface area (Å²) >= 11 is 1.41. The summed E-state index contributed by atoms with van der Waals surface area (Å²) in [5, 5.41) is 11.4. The van der Waals surface area contributed by atoms with E-state index in [0.29, 0.717) is 6.42 Å². The van der Waals surface area contributed by atoms with Crippen molar-refractivity contribution in [3.63, 3.8) is 0 Å². The number of aromatic carboxylic acids is 1. The van der Waals surface area contributed by atoms with Crippen LogP contribution in [0.25, 0.3) is 0 Å². The second-order valence-electron chi connectivity index (χ2n) is 5.77. The van der Waals surface area contributed by atoms with Crippen molar-refractivity contribution in [3.05, 3.63) is 51.5 Å². The van der Waals surface area contributed by atoms with Gasteiger partial charge in [0, 0.05) is 18.3 Å². The Morgan fingerprint density at radius 1 is 1.23 bits per heavy atom. The molecule has 4 nitrogen and oxygen atoms in total. The molecule has 0 spiro atoms. The first-order chi connectivity index (χ1) is 10.7. The number of benzene rings is 1. The Labute approximate surface area is 134 Å². The molecule has 0 aliphatic carbocycles. The molecule has 5 heteroatoms. The molecule has 116 valence electrons. The third-order valence-corrected chi connectivity index (χ3v) is 4.82. The van der Waals surface area contributed by atoms with Crippen molar-refractivity contribution in [1.82, 2.24) is 9.88 Å². The Kier molecular flexibility index (Phi) is 4.85. The zero-order chi connectivity index (χ0) is 15.4. The summed E-state index contributed by atoms with van der Waals surface area (Å²) in [6, 6.07) is 8.56. The quantitative estimate of drug-likeness (QED) is 0.918. The summed E-state index contributed by atoms with van der Waals surface area (Å²) in [4.78, 5) is 17.5. The van der Waals surface area contributed by atoms with Crippen LogP contribution in [-0.2, 0) is 13.0 Å². The number of hydrogen-bond acceptors (Lipinski definition) is 4. The topological polar surface area (TPSA) is 53.4 Å². The normalized spacial score (nSPS) is 15.8. The van der Waals surface area contributed by atoms with E-state index in [1.807, 2.05) is 0 Å². The van der Waals surface area contributed by atoms with E-state index in [4.69, 9.17) is 5.11 Å². The van der Waals surface area contributed by atoms with Crippen LogP contribution < -0.4 is 0 Å². The van der Waals surface area contributed by atoms with Gasteiger partial charge in [0.25, 0.3) is 0 Å². The molecule has 0 saturated carbocycles. The molecule has 22 heavy (non-hydrogen) atoms. The van der Waals surface area contributed by atoms with Crippen molar-refractivity contribution < 1.29 is 9.90 Å². The summed E-state index contributed by atoms with van der Waals surface area (Å²) in [6.07, 6.45) is 4.66.